The van der Waals surface area contributed by atoms with Crippen LogP contribution in [-0.4, -0.2) is 42.2 Å². The van der Waals surface area contributed by atoms with Crippen LogP contribution in [0, 0.1) is 5.82 Å². The molecule has 1 aromatic rings. The van der Waals surface area contributed by atoms with Crippen molar-refractivity contribution in [2.45, 2.75) is 18.9 Å². The van der Waals surface area contributed by atoms with Gasteiger partial charge in [-0.2, -0.15) is 0 Å². The Kier molecular flexibility index (Phi) is 5.34. The van der Waals surface area contributed by atoms with Crippen LogP contribution in [0.2, 0.25) is 5.02 Å². The zero-order valence-corrected chi connectivity index (χ0v) is 11.9. The minimum atomic E-state index is -0.572. The van der Waals surface area contributed by atoms with Gasteiger partial charge < -0.3 is 10.4 Å². The summed E-state index contributed by atoms with van der Waals surface area (Å²) < 4.78 is 14.1. The standard InChI is InChI=1S/C14H18ClFN2O2/c15-10-4-3-5-11(16)14(10)12(8-17-13(20)9-19)18-6-1-2-7-18/h3-5,12,19H,1-2,6-9H2,(H,17,20). The summed E-state index contributed by atoms with van der Waals surface area (Å²) in [6.07, 6.45) is 2.10. The fourth-order valence-electron chi connectivity index (χ4n) is 2.56. The molecule has 1 fully saturated rings. The molecule has 0 radical (unpaired) electrons. The molecule has 20 heavy (non-hydrogen) atoms. The number of benzene rings is 1. The van der Waals surface area contributed by atoms with Gasteiger partial charge in [-0.15, -0.1) is 0 Å². The molecule has 0 saturated carbocycles. The highest BCUT2D eigenvalue weighted by Crippen LogP contribution is 2.31. The van der Waals surface area contributed by atoms with Crippen LogP contribution in [0.1, 0.15) is 24.4 Å². The van der Waals surface area contributed by atoms with Gasteiger partial charge in [-0.3, -0.25) is 9.69 Å². The maximum Gasteiger partial charge on any atom is 0.245 e. The number of likely N-dealkylation sites (tertiary alicyclic amines) is 1. The van der Waals surface area contributed by atoms with Gasteiger partial charge in [0, 0.05) is 17.1 Å². The molecule has 1 saturated heterocycles. The molecule has 1 aromatic carbocycles. The SMILES string of the molecule is O=C(CO)NCC(c1c(F)cccc1Cl)N1CCCC1. The Labute approximate surface area is 122 Å². The summed E-state index contributed by atoms with van der Waals surface area (Å²) in [7, 11) is 0. The average molecular weight is 301 g/mol. The molecule has 110 valence electrons. The molecule has 1 amide bonds. The molecular formula is C14H18ClFN2O2. The molecule has 1 heterocycles. The number of aliphatic hydroxyl groups excluding tert-OH is 1. The van der Waals surface area contributed by atoms with E-state index in [1.54, 1.807) is 12.1 Å². The Bertz CT molecular complexity index is 458. The summed E-state index contributed by atoms with van der Waals surface area (Å²) in [6.45, 7) is 1.37. The third-order valence-corrected chi connectivity index (χ3v) is 3.88. The lowest BCUT2D eigenvalue weighted by Gasteiger charge is -2.29. The van der Waals surface area contributed by atoms with Crippen molar-refractivity contribution in [3.63, 3.8) is 0 Å². The van der Waals surface area contributed by atoms with E-state index < -0.39 is 12.5 Å². The lowest BCUT2D eigenvalue weighted by Crippen LogP contribution is -2.38. The number of hydrogen-bond acceptors (Lipinski definition) is 3. The second-order valence-corrected chi connectivity index (χ2v) is 5.26. The van der Waals surface area contributed by atoms with Crippen LogP contribution in [-0.2, 0) is 4.79 Å². The van der Waals surface area contributed by atoms with Gasteiger partial charge >= 0.3 is 0 Å². The molecule has 1 aliphatic heterocycles. The van der Waals surface area contributed by atoms with Crippen molar-refractivity contribution >= 4 is 17.5 Å². The fourth-order valence-corrected chi connectivity index (χ4v) is 2.85. The van der Waals surface area contributed by atoms with Crippen LogP contribution in [0.5, 0.6) is 0 Å². The first-order valence-corrected chi connectivity index (χ1v) is 7.06. The highest BCUT2D eigenvalue weighted by Gasteiger charge is 2.27. The van der Waals surface area contributed by atoms with Gasteiger partial charge in [0.15, 0.2) is 0 Å². The second-order valence-electron chi connectivity index (χ2n) is 4.86. The van der Waals surface area contributed by atoms with E-state index in [2.05, 4.69) is 10.2 Å². The fraction of sp³-hybridized carbons (Fsp3) is 0.500. The van der Waals surface area contributed by atoms with Crippen molar-refractivity contribution in [2.24, 2.45) is 0 Å². The van der Waals surface area contributed by atoms with Crippen molar-refractivity contribution in [1.29, 1.82) is 0 Å². The summed E-state index contributed by atoms with van der Waals surface area (Å²) in [5.41, 5.74) is 0.411. The van der Waals surface area contributed by atoms with Crippen LogP contribution in [0.15, 0.2) is 18.2 Å². The van der Waals surface area contributed by atoms with E-state index in [-0.39, 0.29) is 18.4 Å². The molecule has 0 spiro atoms. The topological polar surface area (TPSA) is 52.6 Å². The number of hydrogen-bond donors (Lipinski definition) is 2. The maximum absolute atomic E-state index is 14.1. The summed E-state index contributed by atoms with van der Waals surface area (Å²) in [5, 5.41) is 11.7. The Morgan fingerprint density at radius 3 is 2.75 bits per heavy atom. The van der Waals surface area contributed by atoms with E-state index in [0.29, 0.717) is 10.6 Å². The minimum absolute atomic E-state index is 0.236. The van der Waals surface area contributed by atoms with Crippen LogP contribution in [0.4, 0.5) is 4.39 Å². The maximum atomic E-state index is 14.1. The molecule has 1 aliphatic rings. The number of halogens is 2. The monoisotopic (exact) mass is 300 g/mol. The van der Waals surface area contributed by atoms with E-state index in [1.165, 1.54) is 6.07 Å². The molecule has 4 nitrogen and oxygen atoms in total. The number of nitrogens with zero attached hydrogens (tertiary/aromatic N) is 1. The van der Waals surface area contributed by atoms with Gasteiger partial charge in [-0.1, -0.05) is 17.7 Å². The van der Waals surface area contributed by atoms with Crippen LogP contribution < -0.4 is 5.32 Å². The molecule has 2 rings (SSSR count). The second kappa shape index (κ2) is 7.02. The zero-order chi connectivity index (χ0) is 14.5. The molecule has 1 unspecified atom stereocenters. The van der Waals surface area contributed by atoms with E-state index in [9.17, 15) is 9.18 Å². The molecule has 0 aliphatic carbocycles. The smallest absolute Gasteiger partial charge is 0.245 e. The molecule has 0 aromatic heterocycles. The van der Waals surface area contributed by atoms with Crippen molar-refractivity contribution in [2.75, 3.05) is 26.2 Å². The summed E-state index contributed by atoms with van der Waals surface area (Å²) in [4.78, 5) is 13.3. The first-order valence-electron chi connectivity index (χ1n) is 6.69. The van der Waals surface area contributed by atoms with Gasteiger partial charge in [0.2, 0.25) is 5.91 Å². The van der Waals surface area contributed by atoms with E-state index >= 15 is 0 Å². The van der Waals surface area contributed by atoms with Crippen molar-refractivity contribution < 1.29 is 14.3 Å². The summed E-state index contributed by atoms with van der Waals surface area (Å²) in [6, 6.07) is 4.28. The molecule has 2 N–H and O–H groups in total. The first-order chi connectivity index (χ1) is 9.63. The van der Waals surface area contributed by atoms with Crippen LogP contribution in [0.25, 0.3) is 0 Å². The lowest BCUT2D eigenvalue weighted by molar-refractivity contribution is -0.124. The van der Waals surface area contributed by atoms with Gasteiger partial charge in [0.25, 0.3) is 0 Å². The third kappa shape index (κ3) is 3.48. The highest BCUT2D eigenvalue weighted by atomic mass is 35.5. The largest absolute Gasteiger partial charge is 0.387 e. The predicted octanol–water partition coefficient (Wildman–Crippen LogP) is 1.72. The van der Waals surface area contributed by atoms with Crippen LogP contribution in [0.3, 0.4) is 0 Å². The summed E-state index contributed by atoms with van der Waals surface area (Å²) >= 11 is 6.12. The van der Waals surface area contributed by atoms with Crippen molar-refractivity contribution in [3.05, 3.63) is 34.6 Å². The number of aliphatic hydroxyl groups is 1. The third-order valence-electron chi connectivity index (χ3n) is 3.55. The van der Waals surface area contributed by atoms with Gasteiger partial charge in [0.05, 0.1) is 6.04 Å². The minimum Gasteiger partial charge on any atom is -0.387 e. The Hall–Kier alpha value is -1.17. The Balaban J connectivity index is 2.23. The number of rotatable bonds is 5. The zero-order valence-electron chi connectivity index (χ0n) is 11.1. The lowest BCUT2D eigenvalue weighted by atomic mass is 10.0. The van der Waals surface area contributed by atoms with Gasteiger partial charge in [-0.25, -0.2) is 4.39 Å². The van der Waals surface area contributed by atoms with E-state index in [0.717, 1.165) is 25.9 Å². The van der Waals surface area contributed by atoms with Gasteiger partial charge in [-0.05, 0) is 38.1 Å². The molecular weight excluding hydrogens is 283 g/mol. The Morgan fingerprint density at radius 1 is 1.45 bits per heavy atom. The van der Waals surface area contributed by atoms with E-state index in [4.69, 9.17) is 16.7 Å². The average Bonchev–Trinajstić information content (AvgIpc) is 2.95. The van der Waals surface area contributed by atoms with Gasteiger partial charge in [0.1, 0.15) is 12.4 Å². The number of amides is 1. The molecule has 1 atom stereocenters. The van der Waals surface area contributed by atoms with Crippen LogP contribution >= 0.6 is 11.6 Å². The predicted molar refractivity (Wildman–Crippen MR) is 75.1 cm³/mol. The van der Waals surface area contributed by atoms with E-state index in [1.807, 2.05) is 0 Å². The number of carbonyl (C=O) groups is 1. The highest BCUT2D eigenvalue weighted by molar-refractivity contribution is 6.31. The Morgan fingerprint density at radius 2 is 2.15 bits per heavy atom. The molecule has 6 heteroatoms. The summed E-state index contributed by atoms with van der Waals surface area (Å²) in [5.74, 6) is -0.839. The van der Waals surface area contributed by atoms with Crippen molar-refractivity contribution in [1.82, 2.24) is 10.2 Å². The first kappa shape index (κ1) is 15.2. The molecule has 0 bridgehead atoms. The number of carbonyl (C=O) groups excluding carboxylic acids is 1. The normalized spacial score (nSPS) is 17.1. The quantitative estimate of drug-likeness (QED) is 0.871. The van der Waals surface area contributed by atoms with Crippen molar-refractivity contribution in [3.8, 4) is 0 Å². The number of nitrogens with one attached hydrogen (secondary N) is 1.